The van der Waals surface area contributed by atoms with Crippen molar-refractivity contribution in [2.45, 2.75) is 18.9 Å². The summed E-state index contributed by atoms with van der Waals surface area (Å²) in [4.78, 5) is 14.2. The minimum absolute atomic E-state index is 0.0193. The van der Waals surface area contributed by atoms with Crippen molar-refractivity contribution >= 4 is 17.5 Å². The zero-order valence-electron chi connectivity index (χ0n) is 15.2. The molecule has 0 bridgehead atoms. The van der Waals surface area contributed by atoms with Crippen LogP contribution in [0.2, 0.25) is 5.02 Å². The molecule has 1 heterocycles. The summed E-state index contributed by atoms with van der Waals surface area (Å²) in [5.74, 6) is 1.44. The standard InChI is InChI=1S/C21H24ClNO4/c22-17-8-10-19(11-9-17)27-16-21(24)23-12-4-7-20(15-23)26-14-13-25-18-5-2-1-3-6-18/h1-3,5-6,8-11,20H,4,7,12-16H2. The monoisotopic (exact) mass is 389 g/mol. The highest BCUT2D eigenvalue weighted by Gasteiger charge is 2.24. The van der Waals surface area contributed by atoms with Gasteiger partial charge in [0.25, 0.3) is 5.91 Å². The van der Waals surface area contributed by atoms with E-state index in [0.717, 1.165) is 25.1 Å². The molecule has 0 spiro atoms. The Hall–Kier alpha value is -2.24. The Balaban J connectivity index is 1.36. The number of nitrogens with zero attached hydrogens (tertiary/aromatic N) is 1. The maximum atomic E-state index is 12.4. The van der Waals surface area contributed by atoms with Gasteiger partial charge in [-0.05, 0) is 49.2 Å². The second-order valence-corrected chi connectivity index (χ2v) is 6.82. The van der Waals surface area contributed by atoms with E-state index in [2.05, 4.69) is 0 Å². The molecule has 0 aliphatic carbocycles. The van der Waals surface area contributed by atoms with E-state index in [1.54, 1.807) is 24.3 Å². The molecule has 1 saturated heterocycles. The van der Waals surface area contributed by atoms with Crippen molar-refractivity contribution < 1.29 is 19.0 Å². The highest BCUT2D eigenvalue weighted by Crippen LogP contribution is 2.17. The first-order valence-electron chi connectivity index (χ1n) is 9.16. The largest absolute Gasteiger partial charge is 0.491 e. The number of piperidine rings is 1. The predicted molar refractivity (Wildman–Crippen MR) is 104 cm³/mol. The lowest BCUT2D eigenvalue weighted by atomic mass is 10.1. The highest BCUT2D eigenvalue weighted by atomic mass is 35.5. The van der Waals surface area contributed by atoms with Crippen LogP contribution in [0.5, 0.6) is 11.5 Å². The number of benzene rings is 2. The van der Waals surface area contributed by atoms with Crippen LogP contribution in [0.3, 0.4) is 0 Å². The average Bonchev–Trinajstić information content (AvgIpc) is 2.71. The third-order valence-corrected chi connectivity index (χ3v) is 4.61. The third kappa shape index (κ3) is 6.45. The maximum Gasteiger partial charge on any atom is 0.260 e. The second kappa shape index (κ2) is 10.2. The Labute approximate surface area is 164 Å². The summed E-state index contributed by atoms with van der Waals surface area (Å²) in [5, 5.41) is 0.640. The van der Waals surface area contributed by atoms with Gasteiger partial charge >= 0.3 is 0 Å². The SMILES string of the molecule is O=C(COc1ccc(Cl)cc1)N1CCCC(OCCOc2ccccc2)C1. The van der Waals surface area contributed by atoms with Crippen LogP contribution in [0, 0.1) is 0 Å². The Bertz CT molecular complexity index is 708. The molecule has 0 aromatic heterocycles. The van der Waals surface area contributed by atoms with Crippen LogP contribution in [0.4, 0.5) is 0 Å². The van der Waals surface area contributed by atoms with Gasteiger partial charge in [-0.3, -0.25) is 4.79 Å². The topological polar surface area (TPSA) is 48.0 Å². The molecule has 0 radical (unpaired) electrons. The van der Waals surface area contributed by atoms with E-state index in [4.69, 9.17) is 25.8 Å². The first-order valence-corrected chi connectivity index (χ1v) is 9.54. The van der Waals surface area contributed by atoms with Gasteiger partial charge in [0.15, 0.2) is 6.61 Å². The molecule has 0 saturated carbocycles. The highest BCUT2D eigenvalue weighted by molar-refractivity contribution is 6.30. The van der Waals surface area contributed by atoms with E-state index in [-0.39, 0.29) is 18.6 Å². The van der Waals surface area contributed by atoms with Crippen molar-refractivity contribution in [1.82, 2.24) is 4.90 Å². The molecule has 1 atom stereocenters. The van der Waals surface area contributed by atoms with Crippen LogP contribution in [-0.4, -0.2) is 49.8 Å². The fraction of sp³-hybridized carbons (Fsp3) is 0.381. The van der Waals surface area contributed by atoms with E-state index < -0.39 is 0 Å². The summed E-state index contributed by atoms with van der Waals surface area (Å²) in [5.41, 5.74) is 0. The zero-order chi connectivity index (χ0) is 18.9. The zero-order valence-corrected chi connectivity index (χ0v) is 15.9. The molecule has 6 heteroatoms. The molecule has 3 rings (SSSR count). The molecule has 1 aliphatic rings. The van der Waals surface area contributed by atoms with E-state index >= 15 is 0 Å². The molecule has 1 aliphatic heterocycles. The number of halogens is 1. The minimum atomic E-state index is -0.0289. The van der Waals surface area contributed by atoms with Crippen molar-refractivity contribution in [1.29, 1.82) is 0 Å². The number of carbonyl (C=O) groups excluding carboxylic acids is 1. The van der Waals surface area contributed by atoms with Crippen molar-refractivity contribution in [3.8, 4) is 11.5 Å². The van der Waals surface area contributed by atoms with Crippen LogP contribution in [0.25, 0.3) is 0 Å². The number of likely N-dealkylation sites (tertiary alicyclic amines) is 1. The quantitative estimate of drug-likeness (QED) is 0.644. The lowest BCUT2D eigenvalue weighted by Crippen LogP contribution is -2.45. The van der Waals surface area contributed by atoms with Crippen LogP contribution >= 0.6 is 11.6 Å². The van der Waals surface area contributed by atoms with Crippen LogP contribution in [0.15, 0.2) is 54.6 Å². The van der Waals surface area contributed by atoms with E-state index in [1.165, 1.54) is 0 Å². The second-order valence-electron chi connectivity index (χ2n) is 6.38. The smallest absolute Gasteiger partial charge is 0.260 e. The molecular weight excluding hydrogens is 366 g/mol. The van der Waals surface area contributed by atoms with Gasteiger partial charge in [-0.2, -0.15) is 0 Å². The summed E-state index contributed by atoms with van der Waals surface area (Å²) in [6.45, 7) is 2.35. The first kappa shape index (κ1) is 19.5. The summed E-state index contributed by atoms with van der Waals surface area (Å²) in [6, 6.07) is 16.7. The maximum absolute atomic E-state index is 12.4. The van der Waals surface area contributed by atoms with Gasteiger partial charge in [-0.1, -0.05) is 29.8 Å². The molecular formula is C21H24ClNO4. The molecule has 2 aromatic carbocycles. The molecule has 5 nitrogen and oxygen atoms in total. The fourth-order valence-electron chi connectivity index (χ4n) is 2.96. The molecule has 144 valence electrons. The van der Waals surface area contributed by atoms with Gasteiger partial charge in [0.05, 0.1) is 12.7 Å². The number of rotatable bonds is 8. The van der Waals surface area contributed by atoms with Gasteiger partial charge in [0, 0.05) is 18.1 Å². The Morgan fingerprint density at radius 2 is 1.74 bits per heavy atom. The number of amides is 1. The van der Waals surface area contributed by atoms with E-state index in [9.17, 15) is 4.79 Å². The van der Waals surface area contributed by atoms with E-state index in [0.29, 0.717) is 30.5 Å². The fourth-order valence-corrected chi connectivity index (χ4v) is 3.08. The van der Waals surface area contributed by atoms with Crippen molar-refractivity contribution in [2.75, 3.05) is 32.9 Å². The Morgan fingerprint density at radius 1 is 1.00 bits per heavy atom. The van der Waals surface area contributed by atoms with Crippen LogP contribution in [0.1, 0.15) is 12.8 Å². The third-order valence-electron chi connectivity index (χ3n) is 4.36. The average molecular weight is 390 g/mol. The predicted octanol–water partition coefficient (Wildman–Crippen LogP) is 3.81. The van der Waals surface area contributed by atoms with Gasteiger partial charge in [0.2, 0.25) is 0 Å². The number of hydrogen-bond donors (Lipinski definition) is 0. The van der Waals surface area contributed by atoms with Crippen LogP contribution in [-0.2, 0) is 9.53 Å². The lowest BCUT2D eigenvalue weighted by Gasteiger charge is -2.32. The van der Waals surface area contributed by atoms with Crippen molar-refractivity contribution in [2.24, 2.45) is 0 Å². The van der Waals surface area contributed by atoms with Gasteiger partial charge < -0.3 is 19.1 Å². The molecule has 0 N–H and O–H groups in total. The first-order chi connectivity index (χ1) is 13.2. The van der Waals surface area contributed by atoms with Crippen LogP contribution < -0.4 is 9.47 Å². The Morgan fingerprint density at radius 3 is 2.52 bits per heavy atom. The molecule has 2 aromatic rings. The van der Waals surface area contributed by atoms with Gasteiger partial charge in [-0.15, -0.1) is 0 Å². The summed E-state index contributed by atoms with van der Waals surface area (Å²) >= 11 is 5.85. The molecule has 1 unspecified atom stereocenters. The minimum Gasteiger partial charge on any atom is -0.491 e. The molecule has 27 heavy (non-hydrogen) atoms. The van der Waals surface area contributed by atoms with E-state index in [1.807, 2.05) is 35.2 Å². The van der Waals surface area contributed by atoms with Gasteiger partial charge in [0.1, 0.15) is 18.1 Å². The number of hydrogen-bond acceptors (Lipinski definition) is 4. The number of ether oxygens (including phenoxy) is 3. The Kier molecular flexibility index (Phi) is 7.36. The lowest BCUT2D eigenvalue weighted by molar-refractivity contribution is -0.137. The van der Waals surface area contributed by atoms with Crippen molar-refractivity contribution in [3.05, 3.63) is 59.6 Å². The normalized spacial score (nSPS) is 16.8. The number of carbonyl (C=O) groups is 1. The summed E-state index contributed by atoms with van der Waals surface area (Å²) in [6.07, 6.45) is 1.92. The number of para-hydroxylation sites is 1. The summed E-state index contributed by atoms with van der Waals surface area (Å²) < 4.78 is 17.1. The molecule has 1 fully saturated rings. The van der Waals surface area contributed by atoms with Crippen molar-refractivity contribution in [3.63, 3.8) is 0 Å². The molecule has 1 amide bonds. The summed E-state index contributed by atoms with van der Waals surface area (Å²) in [7, 11) is 0. The van der Waals surface area contributed by atoms with Gasteiger partial charge in [-0.25, -0.2) is 0 Å².